The summed E-state index contributed by atoms with van der Waals surface area (Å²) in [5.41, 5.74) is 4.80. The number of nitrogens with one attached hydrogen (secondary N) is 3. The van der Waals surface area contributed by atoms with E-state index in [0.717, 1.165) is 27.8 Å². The van der Waals surface area contributed by atoms with E-state index in [-0.39, 0.29) is 18.2 Å². The molecule has 4 aromatic rings. The summed E-state index contributed by atoms with van der Waals surface area (Å²) in [7, 11) is 1.56. The Morgan fingerprint density at radius 2 is 1.97 bits per heavy atom. The summed E-state index contributed by atoms with van der Waals surface area (Å²) in [4.78, 5) is 27.5. The van der Waals surface area contributed by atoms with Crippen molar-refractivity contribution < 1.29 is 14.3 Å². The molecule has 0 unspecified atom stereocenters. The first kappa shape index (κ1) is 20.2. The molecule has 4 rings (SSSR count). The molecule has 0 bridgehead atoms. The van der Waals surface area contributed by atoms with Gasteiger partial charge in [-0.15, -0.1) is 10.2 Å². The summed E-state index contributed by atoms with van der Waals surface area (Å²) < 4.78 is 5.07. The first-order chi connectivity index (χ1) is 15.1. The third-order valence-electron chi connectivity index (χ3n) is 4.37. The van der Waals surface area contributed by atoms with Crippen LogP contribution < -0.4 is 15.5 Å². The number of carbonyl (C=O) groups excluding carboxylic acids is 2. The molecule has 0 aliphatic carbocycles. The van der Waals surface area contributed by atoms with Gasteiger partial charge in [-0.2, -0.15) is 5.10 Å². The molecule has 0 spiro atoms. The molecule has 0 fully saturated rings. The van der Waals surface area contributed by atoms with Gasteiger partial charge in [-0.25, -0.2) is 5.43 Å². The largest absolute Gasteiger partial charge is 0.497 e. The smallest absolute Gasteiger partial charge is 0.257 e. The van der Waals surface area contributed by atoms with Gasteiger partial charge in [0.15, 0.2) is 0 Å². The Morgan fingerprint density at radius 1 is 1.16 bits per heavy atom. The topological polar surface area (TPSA) is 121 Å². The number of H-pyrrole nitrogens is 1. The number of rotatable bonds is 7. The van der Waals surface area contributed by atoms with Crippen LogP contribution in [0, 0.1) is 0 Å². The van der Waals surface area contributed by atoms with E-state index in [1.54, 1.807) is 37.6 Å². The number of hydrazone groups is 1. The van der Waals surface area contributed by atoms with Crippen molar-refractivity contribution in [1.29, 1.82) is 0 Å². The maximum Gasteiger partial charge on any atom is 0.257 e. The Hall–Kier alpha value is -4.05. The number of hydrogen-bond acceptors (Lipinski definition) is 7. The fourth-order valence-electron chi connectivity index (χ4n) is 2.84. The van der Waals surface area contributed by atoms with Crippen LogP contribution in [0.5, 0.6) is 5.75 Å². The standard InChI is InChI=1S/C21H18N6O3S/c1-30-15-8-6-13(7-9-15)20(29)24-21-27-26-19(31-21)10-18(28)25-23-12-14-11-22-17-5-3-2-4-16(14)17/h2-9,11-12,22H,10H2,1H3,(H,25,28)(H,24,27,29)/b23-12+. The predicted molar refractivity (Wildman–Crippen MR) is 119 cm³/mol. The van der Waals surface area contributed by atoms with Crippen LogP contribution in [-0.2, 0) is 11.2 Å². The lowest BCUT2D eigenvalue weighted by Gasteiger charge is -2.02. The third kappa shape index (κ3) is 4.93. The molecule has 0 aliphatic heterocycles. The van der Waals surface area contributed by atoms with Crippen LogP contribution in [0.15, 0.2) is 59.8 Å². The van der Waals surface area contributed by atoms with Crippen LogP contribution in [-0.4, -0.2) is 40.3 Å². The number of aromatic nitrogens is 3. The Morgan fingerprint density at radius 3 is 2.77 bits per heavy atom. The number of benzene rings is 2. The molecule has 0 radical (unpaired) electrons. The van der Waals surface area contributed by atoms with Crippen LogP contribution in [0.4, 0.5) is 5.13 Å². The molecule has 0 atom stereocenters. The zero-order valence-electron chi connectivity index (χ0n) is 16.5. The van der Waals surface area contributed by atoms with E-state index < -0.39 is 0 Å². The van der Waals surface area contributed by atoms with Gasteiger partial charge in [0.05, 0.1) is 19.7 Å². The molecule has 9 nitrogen and oxygen atoms in total. The maximum atomic E-state index is 12.3. The van der Waals surface area contributed by atoms with Gasteiger partial charge in [0.25, 0.3) is 5.91 Å². The number of aromatic amines is 1. The van der Waals surface area contributed by atoms with Crippen LogP contribution in [0.25, 0.3) is 10.9 Å². The second-order valence-corrected chi connectivity index (χ2v) is 7.51. The highest BCUT2D eigenvalue weighted by molar-refractivity contribution is 7.15. The molecule has 10 heteroatoms. The second kappa shape index (κ2) is 9.18. The van der Waals surface area contributed by atoms with Gasteiger partial charge in [-0.05, 0) is 30.3 Å². The van der Waals surface area contributed by atoms with E-state index in [1.807, 2.05) is 30.5 Å². The molecule has 2 heterocycles. The highest BCUT2D eigenvalue weighted by atomic mass is 32.1. The first-order valence-electron chi connectivity index (χ1n) is 9.28. The van der Waals surface area contributed by atoms with Crippen LogP contribution in [0.2, 0.25) is 0 Å². The summed E-state index contributed by atoms with van der Waals surface area (Å²) in [6, 6.07) is 14.5. The van der Waals surface area contributed by atoms with E-state index in [9.17, 15) is 9.59 Å². The molecule has 2 aromatic heterocycles. The third-order valence-corrected chi connectivity index (χ3v) is 5.20. The van der Waals surface area contributed by atoms with Crippen molar-refractivity contribution in [2.75, 3.05) is 12.4 Å². The van der Waals surface area contributed by atoms with E-state index in [1.165, 1.54) is 0 Å². The molecule has 156 valence electrons. The van der Waals surface area contributed by atoms with E-state index >= 15 is 0 Å². The van der Waals surface area contributed by atoms with Gasteiger partial charge in [-0.1, -0.05) is 29.5 Å². The van der Waals surface area contributed by atoms with Gasteiger partial charge in [0.2, 0.25) is 11.0 Å². The van der Waals surface area contributed by atoms with Crippen molar-refractivity contribution in [1.82, 2.24) is 20.6 Å². The first-order valence-corrected chi connectivity index (χ1v) is 10.1. The lowest BCUT2D eigenvalue weighted by molar-refractivity contribution is -0.120. The minimum Gasteiger partial charge on any atom is -0.497 e. The number of methoxy groups -OCH3 is 1. The second-order valence-electron chi connectivity index (χ2n) is 6.44. The highest BCUT2D eigenvalue weighted by Crippen LogP contribution is 2.18. The number of amides is 2. The highest BCUT2D eigenvalue weighted by Gasteiger charge is 2.12. The monoisotopic (exact) mass is 434 g/mol. The predicted octanol–water partition coefficient (Wildman–Crippen LogP) is 2.97. The number of fused-ring (bicyclic) bond motifs is 1. The van der Waals surface area contributed by atoms with Gasteiger partial charge >= 0.3 is 0 Å². The summed E-state index contributed by atoms with van der Waals surface area (Å²) in [6.07, 6.45) is 3.40. The van der Waals surface area contributed by atoms with Gasteiger partial charge in [0, 0.05) is 28.2 Å². The molecule has 0 aliphatic rings. The number of para-hydroxylation sites is 1. The normalized spacial score (nSPS) is 11.0. The number of ether oxygens (including phenoxy) is 1. The fourth-order valence-corrected chi connectivity index (χ4v) is 3.57. The van der Waals surface area contributed by atoms with Crippen molar-refractivity contribution in [2.45, 2.75) is 6.42 Å². The molecule has 0 saturated carbocycles. The Labute approximate surface area is 181 Å². The van der Waals surface area contributed by atoms with Gasteiger partial charge < -0.3 is 9.72 Å². The minimum atomic E-state index is -0.333. The van der Waals surface area contributed by atoms with Crippen molar-refractivity contribution >= 4 is 45.4 Å². The lowest BCUT2D eigenvalue weighted by atomic mass is 10.2. The molecule has 2 amide bonds. The summed E-state index contributed by atoms with van der Waals surface area (Å²) in [5.74, 6) is 0.00604. The van der Waals surface area contributed by atoms with Gasteiger partial charge in [0.1, 0.15) is 10.8 Å². The zero-order valence-corrected chi connectivity index (χ0v) is 17.3. The minimum absolute atomic E-state index is 0.00129. The van der Waals surface area contributed by atoms with Crippen LogP contribution in [0.3, 0.4) is 0 Å². The SMILES string of the molecule is COc1ccc(C(=O)Nc2nnc(CC(=O)N/N=C/c3c[nH]c4ccccc34)s2)cc1. The van der Waals surface area contributed by atoms with Crippen LogP contribution >= 0.6 is 11.3 Å². The molecular weight excluding hydrogens is 416 g/mol. The zero-order chi connectivity index (χ0) is 21.6. The average molecular weight is 434 g/mol. The Balaban J connectivity index is 1.30. The van der Waals surface area contributed by atoms with E-state index in [4.69, 9.17) is 4.74 Å². The van der Waals surface area contributed by atoms with Crippen molar-refractivity contribution in [3.63, 3.8) is 0 Å². The quantitative estimate of drug-likeness (QED) is 0.305. The summed E-state index contributed by atoms with van der Waals surface area (Å²) in [5, 5.41) is 16.3. The fraction of sp³-hybridized carbons (Fsp3) is 0.0952. The van der Waals surface area contributed by atoms with Crippen molar-refractivity contribution in [2.24, 2.45) is 5.10 Å². The molecule has 2 aromatic carbocycles. The summed E-state index contributed by atoms with van der Waals surface area (Å²) in [6.45, 7) is 0. The maximum absolute atomic E-state index is 12.3. The van der Waals surface area contributed by atoms with Crippen molar-refractivity contribution in [3.05, 3.63) is 70.9 Å². The Kier molecular flexibility index (Phi) is 5.99. The van der Waals surface area contributed by atoms with Gasteiger partial charge in [-0.3, -0.25) is 14.9 Å². The molecule has 31 heavy (non-hydrogen) atoms. The number of carbonyl (C=O) groups is 2. The van der Waals surface area contributed by atoms with E-state index in [2.05, 4.69) is 31.0 Å². The number of nitrogens with zero attached hydrogens (tertiary/aromatic N) is 3. The molecular formula is C21H18N6O3S. The molecule has 0 saturated heterocycles. The molecule has 3 N–H and O–H groups in total. The van der Waals surface area contributed by atoms with Crippen LogP contribution in [0.1, 0.15) is 20.9 Å². The summed E-state index contributed by atoms with van der Waals surface area (Å²) >= 11 is 1.13. The number of hydrogen-bond donors (Lipinski definition) is 3. The Bertz CT molecular complexity index is 1250. The average Bonchev–Trinajstić information content (AvgIpc) is 3.40. The lowest BCUT2D eigenvalue weighted by Crippen LogP contribution is -2.19. The number of anilines is 1. The van der Waals surface area contributed by atoms with E-state index in [0.29, 0.717) is 21.5 Å². The van der Waals surface area contributed by atoms with Crippen molar-refractivity contribution in [3.8, 4) is 5.75 Å².